The summed E-state index contributed by atoms with van der Waals surface area (Å²) in [6, 6.07) is -1.14. The molecular formula is C29H51N5O9. The molecule has 246 valence electrons. The predicted molar refractivity (Wildman–Crippen MR) is 160 cm³/mol. The average molecular weight is 614 g/mol. The Bertz CT molecular complexity index is 921. The Morgan fingerprint density at radius 3 is 2.05 bits per heavy atom. The number of methoxy groups -OCH3 is 1. The van der Waals surface area contributed by atoms with Gasteiger partial charge in [0.1, 0.15) is 12.7 Å². The number of aliphatic imine (C=N–C) groups is 1. The van der Waals surface area contributed by atoms with Gasteiger partial charge in [0.2, 0.25) is 5.91 Å². The molecule has 5 atom stereocenters. The van der Waals surface area contributed by atoms with Crippen molar-refractivity contribution in [3.63, 3.8) is 0 Å². The van der Waals surface area contributed by atoms with Gasteiger partial charge in [-0.25, -0.2) is 9.79 Å². The lowest BCUT2D eigenvalue weighted by Crippen LogP contribution is -2.59. The third-order valence-electron chi connectivity index (χ3n) is 7.58. The number of nitrogens with zero attached hydrogens (tertiary/aromatic N) is 1. The molecule has 0 aromatic carbocycles. The Hall–Kier alpha value is -3.12. The highest BCUT2D eigenvalue weighted by Gasteiger charge is 2.62. The van der Waals surface area contributed by atoms with E-state index in [-0.39, 0.29) is 44.0 Å². The van der Waals surface area contributed by atoms with E-state index in [0.717, 1.165) is 12.8 Å². The van der Waals surface area contributed by atoms with Crippen LogP contribution in [0.1, 0.15) is 47.0 Å². The summed E-state index contributed by atoms with van der Waals surface area (Å²) >= 11 is 0. The maximum Gasteiger partial charge on any atom is 0.407 e. The minimum atomic E-state index is -1.03. The van der Waals surface area contributed by atoms with Crippen molar-refractivity contribution in [1.82, 2.24) is 10.6 Å². The molecule has 0 aromatic heterocycles. The number of guanidine groups is 1. The Morgan fingerprint density at radius 2 is 1.56 bits per heavy atom. The molecule has 1 fully saturated rings. The topological polar surface area (TPSA) is 195 Å². The molecule has 1 saturated carbocycles. The van der Waals surface area contributed by atoms with Crippen LogP contribution in [0.5, 0.6) is 0 Å². The number of nitrogens with one attached hydrogen (secondary N) is 2. The van der Waals surface area contributed by atoms with E-state index < -0.39 is 41.6 Å². The number of terminal acetylenes is 1. The summed E-state index contributed by atoms with van der Waals surface area (Å²) in [6.07, 6.45) is 4.97. The Morgan fingerprint density at radius 1 is 1.00 bits per heavy atom. The molecule has 0 aromatic rings. The van der Waals surface area contributed by atoms with Gasteiger partial charge < -0.3 is 50.5 Å². The smallest absolute Gasteiger partial charge is 0.407 e. The Kier molecular flexibility index (Phi) is 18.3. The van der Waals surface area contributed by atoms with Gasteiger partial charge in [0.25, 0.3) is 0 Å². The second-order valence-corrected chi connectivity index (χ2v) is 10.4. The lowest BCUT2D eigenvalue weighted by molar-refractivity contribution is -0.150. The van der Waals surface area contributed by atoms with Crippen LogP contribution >= 0.6 is 0 Å². The SMILES string of the molecule is C#CCOCCOCCOCCOCCNC(=O)O[C@@H]1[C@@H](C(=O)OC)C[C@@H](N=C(N)N)[C@]1(C)[C@@H](NC(C)=O)C(CC)CC. The highest BCUT2D eigenvalue weighted by Crippen LogP contribution is 2.51. The molecule has 0 saturated heterocycles. The quantitative estimate of drug-likeness (QED) is 0.0464. The molecule has 6 N–H and O–H groups in total. The van der Waals surface area contributed by atoms with Crippen LogP contribution in [0, 0.1) is 29.6 Å². The van der Waals surface area contributed by atoms with Gasteiger partial charge in [0.05, 0.1) is 65.3 Å². The van der Waals surface area contributed by atoms with E-state index in [2.05, 4.69) is 21.5 Å². The van der Waals surface area contributed by atoms with Crippen LogP contribution in [0.15, 0.2) is 4.99 Å². The zero-order chi connectivity index (χ0) is 32.3. The standard InChI is InChI=1S/C29H51N5O9/c1-7-11-39-13-15-41-17-18-42-16-14-40-12-10-32-28(37)43-25-22(26(36)38-6)19-23(34-27(30)31)29(25,5)24(33-20(4)35)21(8-2)9-3/h1,21-25H,8-19H2,2-6H3,(H,32,37)(H,33,35)(H4,30,31,34)/t22-,23+,24-,25+,29+/m0/s1. The number of amides is 2. The van der Waals surface area contributed by atoms with Crippen molar-refractivity contribution in [3.05, 3.63) is 0 Å². The van der Waals surface area contributed by atoms with E-state index in [4.69, 9.17) is 46.3 Å². The van der Waals surface area contributed by atoms with Gasteiger partial charge in [-0.1, -0.05) is 39.5 Å². The number of hydrogen-bond acceptors (Lipinski definition) is 10. The summed E-state index contributed by atoms with van der Waals surface area (Å²) in [6.45, 7) is 10.3. The molecule has 43 heavy (non-hydrogen) atoms. The first-order valence-corrected chi connectivity index (χ1v) is 14.7. The fourth-order valence-electron chi connectivity index (χ4n) is 5.51. The molecule has 0 aliphatic heterocycles. The van der Waals surface area contributed by atoms with E-state index in [9.17, 15) is 14.4 Å². The van der Waals surface area contributed by atoms with Crippen LogP contribution in [0.3, 0.4) is 0 Å². The molecule has 0 spiro atoms. The fourth-order valence-corrected chi connectivity index (χ4v) is 5.51. The lowest BCUT2D eigenvalue weighted by atomic mass is 9.68. The molecule has 0 unspecified atom stereocenters. The van der Waals surface area contributed by atoms with E-state index in [1.165, 1.54) is 14.0 Å². The maximum absolute atomic E-state index is 13.0. The van der Waals surface area contributed by atoms with Gasteiger partial charge >= 0.3 is 12.1 Å². The summed E-state index contributed by atoms with van der Waals surface area (Å²) < 4.78 is 32.4. The number of carbonyl (C=O) groups is 3. The van der Waals surface area contributed by atoms with Crippen LogP contribution < -0.4 is 22.1 Å². The highest BCUT2D eigenvalue weighted by atomic mass is 16.6. The summed E-state index contributed by atoms with van der Waals surface area (Å²) in [4.78, 5) is 42.6. The van der Waals surface area contributed by atoms with Crippen molar-refractivity contribution >= 4 is 23.9 Å². The molecule has 0 bridgehead atoms. The summed E-state index contributed by atoms with van der Waals surface area (Å²) in [5, 5.41) is 5.70. The van der Waals surface area contributed by atoms with Gasteiger partial charge in [0, 0.05) is 24.9 Å². The predicted octanol–water partition coefficient (Wildman–Crippen LogP) is 0.563. The minimum absolute atomic E-state index is 0.00811. The van der Waals surface area contributed by atoms with Crippen LogP contribution in [0.4, 0.5) is 4.79 Å². The number of esters is 1. The van der Waals surface area contributed by atoms with Crippen molar-refractivity contribution in [2.75, 3.05) is 66.5 Å². The maximum atomic E-state index is 13.0. The van der Waals surface area contributed by atoms with E-state index in [0.29, 0.717) is 39.6 Å². The summed E-state index contributed by atoms with van der Waals surface area (Å²) in [5.74, 6) is 0.524. The third kappa shape index (κ3) is 12.6. The molecule has 14 nitrogen and oxygen atoms in total. The molecule has 0 radical (unpaired) electrons. The van der Waals surface area contributed by atoms with Crippen LogP contribution in [0.2, 0.25) is 0 Å². The van der Waals surface area contributed by atoms with Crippen molar-refractivity contribution in [2.24, 2.45) is 33.7 Å². The first-order valence-electron chi connectivity index (χ1n) is 14.7. The first kappa shape index (κ1) is 37.9. The molecule has 0 heterocycles. The minimum Gasteiger partial charge on any atom is -0.469 e. The van der Waals surface area contributed by atoms with Crippen LogP contribution in [0.25, 0.3) is 0 Å². The van der Waals surface area contributed by atoms with E-state index >= 15 is 0 Å². The van der Waals surface area contributed by atoms with Gasteiger partial charge in [-0.3, -0.25) is 9.59 Å². The van der Waals surface area contributed by atoms with Crippen molar-refractivity contribution < 1.29 is 42.8 Å². The highest BCUT2D eigenvalue weighted by molar-refractivity contribution is 5.78. The number of hydrogen-bond donors (Lipinski definition) is 4. The molecule has 1 rings (SSSR count). The normalized spacial score (nSPS) is 21.9. The molecule has 1 aliphatic carbocycles. The first-order chi connectivity index (χ1) is 20.6. The molecule has 2 amide bonds. The molecule has 1 aliphatic rings. The molecular weight excluding hydrogens is 562 g/mol. The summed E-state index contributed by atoms with van der Waals surface area (Å²) in [5.41, 5.74) is 10.5. The van der Waals surface area contributed by atoms with Crippen molar-refractivity contribution in [2.45, 2.75) is 65.1 Å². The fraction of sp³-hybridized carbons (Fsp3) is 0.793. The Labute approximate surface area is 255 Å². The number of carbonyl (C=O) groups excluding carboxylic acids is 3. The van der Waals surface area contributed by atoms with Gasteiger partial charge in [-0.05, 0) is 12.3 Å². The third-order valence-corrected chi connectivity index (χ3v) is 7.58. The molecule has 14 heteroatoms. The largest absolute Gasteiger partial charge is 0.469 e. The van der Waals surface area contributed by atoms with Gasteiger partial charge in [-0.15, -0.1) is 6.42 Å². The van der Waals surface area contributed by atoms with Crippen LogP contribution in [-0.4, -0.2) is 109 Å². The van der Waals surface area contributed by atoms with Gasteiger partial charge in [-0.2, -0.15) is 0 Å². The summed E-state index contributed by atoms with van der Waals surface area (Å²) in [7, 11) is 1.27. The van der Waals surface area contributed by atoms with Crippen molar-refractivity contribution in [3.8, 4) is 12.3 Å². The second kappa shape index (κ2) is 20.7. The number of rotatable bonds is 21. The Balaban J connectivity index is 2.79. The van der Waals surface area contributed by atoms with Gasteiger partial charge in [0.15, 0.2) is 5.96 Å². The second-order valence-electron chi connectivity index (χ2n) is 10.4. The zero-order valence-electron chi connectivity index (χ0n) is 26.2. The number of ether oxygens (including phenoxy) is 6. The average Bonchev–Trinajstić information content (AvgIpc) is 3.23. The van der Waals surface area contributed by atoms with E-state index in [1.54, 1.807) is 0 Å². The van der Waals surface area contributed by atoms with Crippen molar-refractivity contribution in [1.29, 1.82) is 0 Å². The van der Waals surface area contributed by atoms with E-state index in [1.807, 2.05) is 20.8 Å². The number of nitrogens with two attached hydrogens (primary N) is 2. The zero-order valence-corrected chi connectivity index (χ0v) is 26.2. The lowest BCUT2D eigenvalue weighted by Gasteiger charge is -2.45. The number of alkyl carbamates (subject to hydrolysis) is 1. The van der Waals surface area contributed by atoms with Crippen LogP contribution in [-0.2, 0) is 38.0 Å². The monoisotopic (exact) mass is 613 g/mol.